The number of nitrogens with one attached hydrogen (secondary N) is 1. The van der Waals surface area contributed by atoms with Crippen LogP contribution in [0.15, 0.2) is 30.5 Å². The Hall–Kier alpha value is -2.44. The number of carbonyl (C=O) groups excluding carboxylic acids is 1. The van der Waals surface area contributed by atoms with E-state index in [0.29, 0.717) is 17.5 Å². The Labute approximate surface area is 162 Å². The molecule has 1 heterocycles. The lowest BCUT2D eigenvalue weighted by Gasteiger charge is -2.54. The Morgan fingerprint density at radius 2 is 1.82 bits per heavy atom. The Balaban J connectivity index is 1.20. The van der Waals surface area contributed by atoms with Crippen molar-refractivity contribution in [3.63, 3.8) is 0 Å². The fourth-order valence-corrected chi connectivity index (χ4v) is 5.67. The largest absolute Gasteiger partial charge is 0.468 e. The first-order valence-corrected chi connectivity index (χ1v) is 9.97. The van der Waals surface area contributed by atoms with Crippen LogP contribution >= 0.6 is 0 Å². The van der Waals surface area contributed by atoms with E-state index in [-0.39, 0.29) is 24.4 Å². The molecule has 148 valence electrons. The zero-order valence-electron chi connectivity index (χ0n) is 15.5. The monoisotopic (exact) mass is 387 g/mol. The highest BCUT2D eigenvalue weighted by Crippen LogP contribution is 2.53. The summed E-state index contributed by atoms with van der Waals surface area (Å²) in [7, 11) is 0. The summed E-state index contributed by atoms with van der Waals surface area (Å²) in [4.78, 5) is 12.7. The van der Waals surface area contributed by atoms with Crippen molar-refractivity contribution in [3.8, 4) is 5.75 Å². The third kappa shape index (κ3) is 3.27. The molecule has 2 aromatic rings. The Bertz CT molecular complexity index is 870. The number of aromatic nitrogens is 2. The molecule has 0 saturated heterocycles. The summed E-state index contributed by atoms with van der Waals surface area (Å²) in [6.45, 7) is -0.0616. The molecule has 1 aromatic heterocycles. The van der Waals surface area contributed by atoms with E-state index in [0.717, 1.165) is 24.0 Å². The number of benzene rings is 1. The van der Waals surface area contributed by atoms with E-state index >= 15 is 0 Å². The van der Waals surface area contributed by atoms with Crippen molar-refractivity contribution in [1.29, 1.82) is 0 Å². The van der Waals surface area contributed by atoms with Crippen molar-refractivity contribution in [2.45, 2.75) is 44.9 Å². The maximum Gasteiger partial charge on any atom is 0.272 e. The molecular formula is C21H23F2N3O2. The first-order valence-electron chi connectivity index (χ1n) is 9.97. The first-order chi connectivity index (χ1) is 13.5. The van der Waals surface area contributed by atoms with E-state index in [4.69, 9.17) is 4.74 Å². The number of amides is 1. The minimum Gasteiger partial charge on any atom is -0.468 e. The van der Waals surface area contributed by atoms with E-state index < -0.39 is 11.6 Å². The minimum atomic E-state index is -0.771. The SMILES string of the molecule is O=C(NC1C2CC3CC(C2)CC1C3)c1ccn(COc2ccc(F)cc2F)n1. The van der Waals surface area contributed by atoms with Gasteiger partial charge in [0.15, 0.2) is 18.3 Å². The van der Waals surface area contributed by atoms with Crippen LogP contribution in [-0.2, 0) is 6.73 Å². The Morgan fingerprint density at radius 1 is 1.11 bits per heavy atom. The maximum absolute atomic E-state index is 13.6. The second-order valence-electron chi connectivity index (χ2n) is 8.52. The molecule has 7 heteroatoms. The highest BCUT2D eigenvalue weighted by molar-refractivity contribution is 5.92. The molecule has 0 unspecified atom stereocenters. The van der Waals surface area contributed by atoms with Gasteiger partial charge in [0.05, 0.1) is 0 Å². The van der Waals surface area contributed by atoms with E-state index in [1.54, 1.807) is 12.3 Å². The number of ether oxygens (including phenoxy) is 1. The van der Waals surface area contributed by atoms with Gasteiger partial charge in [0.1, 0.15) is 11.5 Å². The molecule has 6 rings (SSSR count). The molecule has 4 saturated carbocycles. The van der Waals surface area contributed by atoms with E-state index in [1.807, 2.05) is 0 Å². The van der Waals surface area contributed by atoms with Crippen LogP contribution in [0.25, 0.3) is 0 Å². The number of carbonyl (C=O) groups is 1. The number of hydrogen-bond acceptors (Lipinski definition) is 3. The van der Waals surface area contributed by atoms with Crippen LogP contribution in [0.3, 0.4) is 0 Å². The van der Waals surface area contributed by atoms with Gasteiger partial charge in [-0.25, -0.2) is 13.5 Å². The predicted octanol–water partition coefficient (Wildman–Crippen LogP) is 3.75. The van der Waals surface area contributed by atoms with Crippen molar-refractivity contribution in [2.24, 2.45) is 23.7 Å². The lowest BCUT2D eigenvalue weighted by Crippen LogP contribution is -2.55. The molecule has 0 aliphatic heterocycles. The van der Waals surface area contributed by atoms with Crippen molar-refractivity contribution in [3.05, 3.63) is 47.8 Å². The quantitative estimate of drug-likeness (QED) is 0.850. The summed E-state index contributed by atoms with van der Waals surface area (Å²) in [5.41, 5.74) is 0.331. The van der Waals surface area contributed by atoms with Crippen molar-refractivity contribution in [1.82, 2.24) is 15.1 Å². The highest BCUT2D eigenvalue weighted by atomic mass is 19.1. The Kier molecular flexibility index (Phi) is 4.33. The van der Waals surface area contributed by atoms with Crippen LogP contribution in [0.1, 0.15) is 42.6 Å². The van der Waals surface area contributed by atoms with Gasteiger partial charge in [-0.3, -0.25) is 4.79 Å². The van der Waals surface area contributed by atoms with Crippen LogP contribution in [0, 0.1) is 35.3 Å². The van der Waals surface area contributed by atoms with Crippen molar-refractivity contribution >= 4 is 5.91 Å². The maximum atomic E-state index is 13.6. The van der Waals surface area contributed by atoms with Crippen LogP contribution in [0.4, 0.5) is 8.78 Å². The van der Waals surface area contributed by atoms with Crippen molar-refractivity contribution < 1.29 is 18.3 Å². The summed E-state index contributed by atoms with van der Waals surface area (Å²) in [6, 6.07) is 5.02. The van der Waals surface area contributed by atoms with Gasteiger partial charge in [-0.2, -0.15) is 5.10 Å². The van der Waals surface area contributed by atoms with Gasteiger partial charge in [-0.15, -0.1) is 0 Å². The summed E-state index contributed by atoms with van der Waals surface area (Å²) < 4.78 is 33.3. The van der Waals surface area contributed by atoms with Gasteiger partial charge < -0.3 is 10.1 Å². The minimum absolute atomic E-state index is 0.0588. The molecule has 0 spiro atoms. The molecular weight excluding hydrogens is 364 g/mol. The van der Waals surface area contributed by atoms with Crippen molar-refractivity contribution in [2.75, 3.05) is 0 Å². The average molecular weight is 387 g/mol. The second kappa shape index (κ2) is 6.87. The molecule has 0 radical (unpaired) electrons. The average Bonchev–Trinajstić information content (AvgIpc) is 3.12. The van der Waals surface area contributed by atoms with Gasteiger partial charge in [0.25, 0.3) is 5.91 Å². The number of halogens is 2. The van der Waals surface area contributed by atoms with Gasteiger partial charge in [0, 0.05) is 18.3 Å². The second-order valence-corrected chi connectivity index (χ2v) is 8.52. The standard InChI is InChI=1S/C21H23F2N3O2/c22-16-1-2-19(17(23)10-16)28-11-26-4-3-18(25-26)21(27)24-20-14-6-12-5-13(8-14)9-15(20)7-12/h1-4,10,12-15,20H,5-9,11H2,(H,24,27). The van der Waals surface area contributed by atoms with E-state index in [2.05, 4.69) is 10.4 Å². The topological polar surface area (TPSA) is 56.2 Å². The molecule has 0 atom stereocenters. The number of nitrogens with zero attached hydrogens (tertiary/aromatic N) is 2. The summed E-state index contributed by atoms with van der Waals surface area (Å²) in [5, 5.41) is 7.46. The van der Waals surface area contributed by atoms with Crippen LogP contribution in [0.5, 0.6) is 5.75 Å². The van der Waals surface area contributed by atoms with Gasteiger partial charge in [0.2, 0.25) is 0 Å². The summed E-state index contributed by atoms with van der Waals surface area (Å²) in [6.07, 6.45) is 7.96. The molecule has 4 bridgehead atoms. The molecule has 5 nitrogen and oxygen atoms in total. The normalized spacial score (nSPS) is 30.4. The fraction of sp³-hybridized carbons (Fsp3) is 0.524. The number of hydrogen-bond donors (Lipinski definition) is 1. The zero-order valence-corrected chi connectivity index (χ0v) is 15.5. The summed E-state index contributed by atoms with van der Waals surface area (Å²) in [5.74, 6) is 1.28. The van der Waals surface area contributed by atoms with Gasteiger partial charge >= 0.3 is 0 Å². The fourth-order valence-electron chi connectivity index (χ4n) is 5.67. The van der Waals surface area contributed by atoms with E-state index in [9.17, 15) is 13.6 Å². The van der Waals surface area contributed by atoms with Crippen LogP contribution in [0.2, 0.25) is 0 Å². The molecule has 1 amide bonds. The van der Waals surface area contributed by atoms with E-state index in [1.165, 1.54) is 42.9 Å². The van der Waals surface area contributed by atoms with Gasteiger partial charge in [-0.1, -0.05) is 0 Å². The molecule has 1 N–H and O–H groups in total. The highest BCUT2D eigenvalue weighted by Gasteiger charge is 2.48. The lowest BCUT2D eigenvalue weighted by atomic mass is 9.54. The Morgan fingerprint density at radius 3 is 2.50 bits per heavy atom. The number of rotatable bonds is 5. The third-order valence-corrected chi connectivity index (χ3v) is 6.64. The molecule has 28 heavy (non-hydrogen) atoms. The zero-order chi connectivity index (χ0) is 19.3. The molecule has 4 aliphatic rings. The predicted molar refractivity (Wildman–Crippen MR) is 97.5 cm³/mol. The molecule has 4 fully saturated rings. The van der Waals surface area contributed by atoms with Gasteiger partial charge in [-0.05, 0) is 74.0 Å². The van der Waals surface area contributed by atoms with Crippen LogP contribution in [-0.4, -0.2) is 21.7 Å². The first kappa shape index (κ1) is 17.6. The van der Waals surface area contributed by atoms with Crippen LogP contribution < -0.4 is 10.1 Å². The molecule has 1 aromatic carbocycles. The lowest BCUT2D eigenvalue weighted by molar-refractivity contribution is -0.0120. The molecule has 4 aliphatic carbocycles. The smallest absolute Gasteiger partial charge is 0.272 e. The third-order valence-electron chi connectivity index (χ3n) is 6.64. The summed E-state index contributed by atoms with van der Waals surface area (Å²) >= 11 is 0.